The Morgan fingerprint density at radius 3 is 2.88 bits per heavy atom. The van der Waals surface area contributed by atoms with Crippen LogP contribution in [0.2, 0.25) is 0 Å². The summed E-state index contributed by atoms with van der Waals surface area (Å²) in [6.45, 7) is 7.81. The first kappa shape index (κ1) is 10.6. The average Bonchev–Trinajstić information content (AvgIpc) is 2.30. The normalized spacial score (nSPS) is 41.8. The molecule has 0 saturated carbocycles. The summed E-state index contributed by atoms with van der Waals surface area (Å²) in [6.07, 6.45) is 8.74. The van der Waals surface area contributed by atoms with Gasteiger partial charge in [0.2, 0.25) is 0 Å². The lowest BCUT2D eigenvalue weighted by molar-refractivity contribution is -0.143. The lowest BCUT2D eigenvalue weighted by atomic mass is 9.59. The minimum Gasteiger partial charge on any atom is -0.369 e. The van der Waals surface area contributed by atoms with Crippen molar-refractivity contribution < 1.29 is 4.74 Å². The Hall–Kier alpha value is -0.560. The van der Waals surface area contributed by atoms with Crippen molar-refractivity contribution in [3.05, 3.63) is 23.3 Å². The van der Waals surface area contributed by atoms with E-state index in [4.69, 9.17) is 4.74 Å². The first-order valence-corrected chi connectivity index (χ1v) is 6.63. The van der Waals surface area contributed by atoms with Crippen molar-refractivity contribution in [2.24, 2.45) is 17.8 Å². The Balaban J connectivity index is 2.06. The van der Waals surface area contributed by atoms with E-state index in [9.17, 15) is 0 Å². The van der Waals surface area contributed by atoms with Crippen molar-refractivity contribution in [3.8, 4) is 0 Å². The second-order valence-electron chi connectivity index (χ2n) is 6.07. The molecule has 0 amide bonds. The second kappa shape index (κ2) is 3.46. The number of allylic oxidation sites excluding steroid dienone is 1. The van der Waals surface area contributed by atoms with E-state index in [1.165, 1.54) is 12.8 Å². The summed E-state index contributed by atoms with van der Waals surface area (Å²) in [5.41, 5.74) is 3.25. The molecule has 1 saturated heterocycles. The minimum atomic E-state index is 0.105. The molecule has 16 heavy (non-hydrogen) atoms. The molecule has 0 N–H and O–H groups in total. The van der Waals surface area contributed by atoms with E-state index < -0.39 is 0 Å². The molecule has 0 spiro atoms. The third kappa shape index (κ3) is 1.27. The molecule has 1 fully saturated rings. The smallest absolute Gasteiger partial charge is 0.0812 e. The zero-order valence-electron chi connectivity index (χ0n) is 10.6. The van der Waals surface area contributed by atoms with Crippen molar-refractivity contribution in [2.45, 2.75) is 45.6 Å². The molecule has 4 rings (SSSR count). The molecule has 0 aromatic rings. The van der Waals surface area contributed by atoms with Gasteiger partial charge in [0.05, 0.1) is 12.2 Å². The molecule has 4 aliphatic rings. The van der Waals surface area contributed by atoms with Crippen LogP contribution in [0, 0.1) is 17.8 Å². The highest BCUT2D eigenvalue weighted by molar-refractivity contribution is 5.29. The molecular weight excluding hydrogens is 196 g/mol. The van der Waals surface area contributed by atoms with Crippen LogP contribution in [0.5, 0.6) is 0 Å². The summed E-state index contributed by atoms with van der Waals surface area (Å²) in [7, 11) is 0. The predicted molar refractivity (Wildman–Crippen MR) is 66.2 cm³/mol. The fraction of sp³-hybridized carbons (Fsp3) is 0.733. The molecule has 2 aliphatic heterocycles. The standard InChI is InChI=1S/C15H22O/c1-10(2)15-7-6-12(9-16-15)13-5-4-11(3)8-14(13)15/h6,8,10,13-14H,4-5,7,9H2,1-3H3/t13-,14-,15+/m1/s1. The van der Waals surface area contributed by atoms with Crippen LogP contribution in [-0.2, 0) is 4.74 Å². The van der Waals surface area contributed by atoms with Gasteiger partial charge in [0.25, 0.3) is 0 Å². The summed E-state index contributed by atoms with van der Waals surface area (Å²) in [6, 6.07) is 0. The van der Waals surface area contributed by atoms with Gasteiger partial charge in [0, 0.05) is 5.92 Å². The molecule has 0 unspecified atom stereocenters. The minimum absolute atomic E-state index is 0.105. The third-order valence-electron chi connectivity index (χ3n) is 4.96. The molecule has 3 atom stereocenters. The molecule has 1 heteroatoms. The first-order valence-electron chi connectivity index (χ1n) is 6.63. The Bertz CT molecular complexity index is 364. The van der Waals surface area contributed by atoms with Gasteiger partial charge >= 0.3 is 0 Å². The van der Waals surface area contributed by atoms with Gasteiger partial charge in [0.1, 0.15) is 0 Å². The monoisotopic (exact) mass is 218 g/mol. The van der Waals surface area contributed by atoms with Gasteiger partial charge in [-0.3, -0.25) is 0 Å². The summed E-state index contributed by atoms with van der Waals surface area (Å²) >= 11 is 0. The molecule has 2 bridgehead atoms. The predicted octanol–water partition coefficient (Wildman–Crippen LogP) is 3.71. The van der Waals surface area contributed by atoms with E-state index in [2.05, 4.69) is 32.9 Å². The zero-order valence-corrected chi connectivity index (χ0v) is 10.6. The van der Waals surface area contributed by atoms with Crippen molar-refractivity contribution >= 4 is 0 Å². The van der Waals surface area contributed by atoms with Crippen LogP contribution in [0.4, 0.5) is 0 Å². The Labute approximate surface area is 98.6 Å². The topological polar surface area (TPSA) is 9.23 Å². The second-order valence-corrected chi connectivity index (χ2v) is 6.07. The maximum absolute atomic E-state index is 6.23. The quantitative estimate of drug-likeness (QED) is 0.610. The highest BCUT2D eigenvalue weighted by Gasteiger charge is 2.52. The molecule has 88 valence electrons. The van der Waals surface area contributed by atoms with Gasteiger partial charge in [-0.05, 0) is 43.6 Å². The largest absolute Gasteiger partial charge is 0.369 e. The summed E-state index contributed by atoms with van der Waals surface area (Å²) < 4.78 is 6.23. The van der Waals surface area contributed by atoms with E-state index in [1.54, 1.807) is 11.1 Å². The van der Waals surface area contributed by atoms with E-state index in [1.807, 2.05) is 0 Å². The third-order valence-corrected chi connectivity index (χ3v) is 4.96. The van der Waals surface area contributed by atoms with Crippen LogP contribution < -0.4 is 0 Å². The Morgan fingerprint density at radius 2 is 2.25 bits per heavy atom. The van der Waals surface area contributed by atoms with Crippen LogP contribution in [0.3, 0.4) is 0 Å². The number of hydrogen-bond acceptors (Lipinski definition) is 1. The van der Waals surface area contributed by atoms with Gasteiger partial charge < -0.3 is 4.74 Å². The summed E-state index contributed by atoms with van der Waals surface area (Å²) in [5, 5.41) is 0. The van der Waals surface area contributed by atoms with Gasteiger partial charge in [-0.15, -0.1) is 0 Å². The lowest BCUT2D eigenvalue weighted by Gasteiger charge is -2.55. The molecule has 0 aromatic carbocycles. The number of ether oxygens (including phenoxy) is 1. The van der Waals surface area contributed by atoms with E-state index >= 15 is 0 Å². The zero-order chi connectivity index (χ0) is 11.3. The highest BCUT2D eigenvalue weighted by Crippen LogP contribution is 2.53. The highest BCUT2D eigenvalue weighted by atomic mass is 16.5. The van der Waals surface area contributed by atoms with Gasteiger partial charge in [-0.25, -0.2) is 0 Å². The molecular formula is C15H22O. The van der Waals surface area contributed by atoms with Gasteiger partial charge in [-0.1, -0.05) is 31.6 Å². The molecule has 1 nitrogen and oxygen atoms in total. The summed E-state index contributed by atoms with van der Waals surface area (Å²) in [5.74, 6) is 2.05. The van der Waals surface area contributed by atoms with Crippen molar-refractivity contribution in [1.29, 1.82) is 0 Å². The number of fused-ring (bicyclic) bond motifs is 2. The molecule has 2 aliphatic carbocycles. The SMILES string of the molecule is CC1=C[C@@H]2[C@H](CC1)C1=CC[C@@]2(C(C)C)OC1. The fourth-order valence-corrected chi connectivity index (χ4v) is 3.87. The van der Waals surface area contributed by atoms with E-state index in [-0.39, 0.29) is 5.60 Å². The van der Waals surface area contributed by atoms with Crippen molar-refractivity contribution in [3.63, 3.8) is 0 Å². The maximum atomic E-state index is 6.23. The van der Waals surface area contributed by atoms with E-state index in [0.29, 0.717) is 11.8 Å². The fourth-order valence-electron chi connectivity index (χ4n) is 3.87. The van der Waals surface area contributed by atoms with Crippen molar-refractivity contribution in [1.82, 2.24) is 0 Å². The summed E-state index contributed by atoms with van der Waals surface area (Å²) in [4.78, 5) is 0. The van der Waals surface area contributed by atoms with Crippen LogP contribution in [-0.4, -0.2) is 12.2 Å². The van der Waals surface area contributed by atoms with Crippen LogP contribution in [0.15, 0.2) is 23.3 Å². The van der Waals surface area contributed by atoms with Crippen LogP contribution >= 0.6 is 0 Å². The van der Waals surface area contributed by atoms with Gasteiger partial charge in [0.15, 0.2) is 0 Å². The molecule has 2 heterocycles. The lowest BCUT2D eigenvalue weighted by Crippen LogP contribution is -2.55. The van der Waals surface area contributed by atoms with Crippen LogP contribution in [0.25, 0.3) is 0 Å². The van der Waals surface area contributed by atoms with Crippen LogP contribution in [0.1, 0.15) is 40.0 Å². The first-order chi connectivity index (χ1) is 7.63. The van der Waals surface area contributed by atoms with E-state index in [0.717, 1.165) is 18.9 Å². The van der Waals surface area contributed by atoms with Crippen molar-refractivity contribution in [2.75, 3.05) is 6.61 Å². The maximum Gasteiger partial charge on any atom is 0.0812 e. The average molecular weight is 218 g/mol. The van der Waals surface area contributed by atoms with Gasteiger partial charge in [-0.2, -0.15) is 0 Å². The Morgan fingerprint density at radius 1 is 1.44 bits per heavy atom. The Kier molecular flexibility index (Phi) is 2.29. The molecule has 0 radical (unpaired) electrons. The molecule has 0 aromatic heterocycles. The number of rotatable bonds is 1. The number of hydrogen-bond donors (Lipinski definition) is 0.